The van der Waals surface area contributed by atoms with Crippen LogP contribution in [0.2, 0.25) is 0 Å². The second kappa shape index (κ2) is 6.07. The smallest absolute Gasteiger partial charge is 0.320 e. The Hall–Kier alpha value is -1.45. The summed E-state index contributed by atoms with van der Waals surface area (Å²) in [6, 6.07) is 0.682. The Morgan fingerprint density at radius 1 is 1.50 bits per heavy atom. The minimum atomic E-state index is -1.15. The van der Waals surface area contributed by atoms with Crippen LogP contribution in [0.25, 0.3) is 0 Å². The molecular formula is C8H13N3O3. The number of rotatable bonds is 6. The van der Waals surface area contributed by atoms with E-state index < -0.39 is 17.9 Å². The van der Waals surface area contributed by atoms with Gasteiger partial charge in [0, 0.05) is 13.0 Å². The molecule has 0 aliphatic carbocycles. The first kappa shape index (κ1) is 12.6. The number of hydrogen-bond acceptors (Lipinski definition) is 5. The van der Waals surface area contributed by atoms with Crippen LogP contribution in [0.4, 0.5) is 0 Å². The molecule has 0 aromatic carbocycles. The van der Waals surface area contributed by atoms with Crippen molar-refractivity contribution in [3.05, 3.63) is 0 Å². The molecule has 0 fully saturated rings. The van der Waals surface area contributed by atoms with Crippen LogP contribution < -0.4 is 11.5 Å². The normalized spacial score (nSPS) is 14.1. The maximum atomic E-state index is 11.2. The SMILES string of the molecule is N#CC(CN)C(=O)CC[C@H](N)C(=O)O. The van der Waals surface area contributed by atoms with E-state index in [2.05, 4.69) is 0 Å². The number of Topliss-reactive ketones (excluding diaryl/α,β-unsaturated/α-hetero) is 1. The van der Waals surface area contributed by atoms with E-state index in [1.54, 1.807) is 6.07 Å². The molecule has 0 radical (unpaired) electrons. The first-order valence-corrected chi connectivity index (χ1v) is 4.13. The molecule has 0 saturated heterocycles. The number of carboxylic acid groups (broad SMARTS) is 1. The molecule has 0 aromatic heterocycles. The maximum Gasteiger partial charge on any atom is 0.320 e. The number of carbonyl (C=O) groups excluding carboxylic acids is 1. The fourth-order valence-electron chi connectivity index (χ4n) is 0.852. The molecule has 6 heteroatoms. The van der Waals surface area contributed by atoms with Crippen LogP contribution in [-0.4, -0.2) is 29.4 Å². The van der Waals surface area contributed by atoms with Gasteiger partial charge in [-0.2, -0.15) is 5.26 Å². The minimum absolute atomic E-state index is 0.0249. The second-order valence-corrected chi connectivity index (χ2v) is 2.87. The van der Waals surface area contributed by atoms with Crippen LogP contribution in [0.3, 0.4) is 0 Å². The first-order chi connectivity index (χ1) is 6.52. The van der Waals surface area contributed by atoms with Gasteiger partial charge in [0.25, 0.3) is 0 Å². The van der Waals surface area contributed by atoms with Crippen LogP contribution in [0.15, 0.2) is 0 Å². The van der Waals surface area contributed by atoms with Gasteiger partial charge in [-0.25, -0.2) is 0 Å². The van der Waals surface area contributed by atoms with Crippen molar-refractivity contribution in [2.24, 2.45) is 17.4 Å². The van der Waals surface area contributed by atoms with Crippen LogP contribution in [0.5, 0.6) is 0 Å². The average Bonchev–Trinajstić information content (AvgIpc) is 2.15. The number of carboxylic acids is 1. The van der Waals surface area contributed by atoms with Gasteiger partial charge in [0.2, 0.25) is 0 Å². The summed E-state index contributed by atoms with van der Waals surface area (Å²) in [7, 11) is 0. The van der Waals surface area contributed by atoms with Gasteiger partial charge in [0.1, 0.15) is 12.0 Å². The molecule has 0 aliphatic rings. The predicted octanol–water partition coefficient (Wildman–Crippen LogP) is -1.15. The largest absolute Gasteiger partial charge is 0.480 e. The molecule has 1 unspecified atom stereocenters. The quantitative estimate of drug-likeness (QED) is 0.495. The number of carbonyl (C=O) groups is 2. The minimum Gasteiger partial charge on any atom is -0.480 e. The van der Waals surface area contributed by atoms with Crippen LogP contribution in [0.1, 0.15) is 12.8 Å². The van der Waals surface area contributed by atoms with E-state index in [1.807, 2.05) is 0 Å². The Balaban J connectivity index is 3.97. The van der Waals surface area contributed by atoms with Gasteiger partial charge >= 0.3 is 5.97 Å². The molecule has 0 heterocycles. The molecular weight excluding hydrogens is 186 g/mol. The summed E-state index contributed by atoms with van der Waals surface area (Å²) in [5, 5.41) is 16.9. The third kappa shape index (κ3) is 3.98. The van der Waals surface area contributed by atoms with Crippen LogP contribution in [-0.2, 0) is 9.59 Å². The molecule has 0 spiro atoms. The standard InChI is InChI=1S/C8H13N3O3/c9-3-5(4-10)7(12)2-1-6(11)8(13)14/h5-6H,1-3,9,11H2,(H,13,14)/t5?,6-/m0/s1. The van der Waals surface area contributed by atoms with E-state index in [4.69, 9.17) is 21.8 Å². The number of nitrogens with zero attached hydrogens (tertiary/aromatic N) is 1. The van der Waals surface area contributed by atoms with Crippen molar-refractivity contribution < 1.29 is 14.7 Å². The fraction of sp³-hybridized carbons (Fsp3) is 0.625. The lowest BCUT2D eigenvalue weighted by Crippen LogP contribution is -2.32. The van der Waals surface area contributed by atoms with Crippen molar-refractivity contribution in [3.8, 4) is 6.07 Å². The molecule has 0 bridgehead atoms. The molecule has 78 valence electrons. The van der Waals surface area contributed by atoms with Crippen LogP contribution >= 0.6 is 0 Å². The van der Waals surface area contributed by atoms with E-state index in [-0.39, 0.29) is 25.2 Å². The molecule has 0 amide bonds. The second-order valence-electron chi connectivity index (χ2n) is 2.87. The van der Waals surface area contributed by atoms with Crippen molar-refractivity contribution in [3.63, 3.8) is 0 Å². The summed E-state index contributed by atoms with van der Waals surface area (Å²) < 4.78 is 0. The Labute approximate surface area is 81.5 Å². The van der Waals surface area contributed by atoms with Gasteiger partial charge in [-0.15, -0.1) is 0 Å². The Morgan fingerprint density at radius 2 is 2.07 bits per heavy atom. The van der Waals surface area contributed by atoms with E-state index >= 15 is 0 Å². The molecule has 5 N–H and O–H groups in total. The summed E-state index contributed by atoms with van der Waals surface area (Å²) in [5.41, 5.74) is 10.3. The molecule has 14 heavy (non-hydrogen) atoms. The van der Waals surface area contributed by atoms with Gasteiger partial charge in [0.05, 0.1) is 6.07 Å². The van der Waals surface area contributed by atoms with Gasteiger partial charge < -0.3 is 16.6 Å². The highest BCUT2D eigenvalue weighted by molar-refractivity contribution is 5.84. The number of ketones is 1. The van der Waals surface area contributed by atoms with E-state index in [1.165, 1.54) is 0 Å². The lowest BCUT2D eigenvalue weighted by molar-refractivity contribution is -0.138. The summed E-state index contributed by atoms with van der Waals surface area (Å²) in [5.74, 6) is -2.36. The first-order valence-electron chi connectivity index (χ1n) is 4.13. The Bertz CT molecular complexity index is 259. The highest BCUT2D eigenvalue weighted by Crippen LogP contribution is 2.03. The highest BCUT2D eigenvalue weighted by Gasteiger charge is 2.19. The lowest BCUT2D eigenvalue weighted by atomic mass is 10.00. The molecule has 2 atom stereocenters. The number of aliphatic carboxylic acids is 1. The summed E-state index contributed by atoms with van der Waals surface area (Å²) in [6.45, 7) is -0.0440. The summed E-state index contributed by atoms with van der Waals surface area (Å²) in [4.78, 5) is 21.5. The van der Waals surface area contributed by atoms with Gasteiger partial charge in [0.15, 0.2) is 5.78 Å². The average molecular weight is 199 g/mol. The number of hydrogen-bond donors (Lipinski definition) is 3. The van der Waals surface area contributed by atoms with E-state index in [9.17, 15) is 9.59 Å². The van der Waals surface area contributed by atoms with Gasteiger partial charge in [-0.1, -0.05) is 0 Å². The predicted molar refractivity (Wildman–Crippen MR) is 48.0 cm³/mol. The van der Waals surface area contributed by atoms with Gasteiger partial charge in [-0.3, -0.25) is 9.59 Å². The molecule has 0 saturated carbocycles. The zero-order valence-corrected chi connectivity index (χ0v) is 7.64. The maximum absolute atomic E-state index is 11.2. The Morgan fingerprint density at radius 3 is 2.43 bits per heavy atom. The number of nitriles is 1. The van der Waals surface area contributed by atoms with Crippen molar-refractivity contribution in [1.29, 1.82) is 5.26 Å². The van der Waals surface area contributed by atoms with Crippen molar-refractivity contribution in [2.75, 3.05) is 6.54 Å². The van der Waals surface area contributed by atoms with Gasteiger partial charge in [-0.05, 0) is 6.42 Å². The topological polar surface area (TPSA) is 130 Å². The van der Waals surface area contributed by atoms with Crippen molar-refractivity contribution >= 4 is 11.8 Å². The monoisotopic (exact) mass is 199 g/mol. The molecule has 0 aromatic rings. The third-order valence-corrected chi connectivity index (χ3v) is 1.80. The zero-order chi connectivity index (χ0) is 11.1. The Kier molecular flexibility index (Phi) is 5.44. The van der Waals surface area contributed by atoms with Crippen LogP contribution in [0, 0.1) is 17.2 Å². The molecule has 6 nitrogen and oxygen atoms in total. The zero-order valence-electron chi connectivity index (χ0n) is 7.64. The highest BCUT2D eigenvalue weighted by atomic mass is 16.4. The van der Waals surface area contributed by atoms with E-state index in [0.29, 0.717) is 0 Å². The molecule has 0 rings (SSSR count). The summed E-state index contributed by atoms with van der Waals surface area (Å²) in [6.07, 6.45) is 0.00917. The number of nitrogens with two attached hydrogens (primary N) is 2. The third-order valence-electron chi connectivity index (χ3n) is 1.80. The lowest BCUT2D eigenvalue weighted by Gasteiger charge is -2.07. The fourth-order valence-corrected chi connectivity index (χ4v) is 0.852. The van der Waals surface area contributed by atoms with Crippen molar-refractivity contribution in [1.82, 2.24) is 0 Å². The summed E-state index contributed by atoms with van der Waals surface area (Å²) >= 11 is 0. The van der Waals surface area contributed by atoms with Crippen molar-refractivity contribution in [2.45, 2.75) is 18.9 Å². The molecule has 0 aliphatic heterocycles. The van der Waals surface area contributed by atoms with E-state index in [0.717, 1.165) is 0 Å².